The molecule has 1 fully saturated rings. The van der Waals surface area contributed by atoms with E-state index in [1.165, 1.54) is 22.5 Å². The molecule has 1 aliphatic heterocycles. The van der Waals surface area contributed by atoms with Crippen LogP contribution >= 0.6 is 11.3 Å². The molecule has 26 heavy (non-hydrogen) atoms. The van der Waals surface area contributed by atoms with Gasteiger partial charge in [0.25, 0.3) is 10.0 Å². The van der Waals surface area contributed by atoms with Gasteiger partial charge in [-0.15, -0.1) is 11.3 Å². The Morgan fingerprint density at radius 2 is 1.73 bits per heavy atom. The van der Waals surface area contributed by atoms with Gasteiger partial charge in [0.05, 0.1) is 5.57 Å². The van der Waals surface area contributed by atoms with Gasteiger partial charge in [-0.2, -0.15) is 4.31 Å². The lowest BCUT2D eigenvalue weighted by Gasteiger charge is -2.13. The van der Waals surface area contributed by atoms with E-state index in [2.05, 4.69) is 0 Å². The Balaban J connectivity index is 2.02. The fraction of sp³-hybridized carbons (Fsp3) is 0.235. The molecular formula is C17H15F2NO4S2. The van der Waals surface area contributed by atoms with Gasteiger partial charge in [0.1, 0.15) is 15.8 Å². The Hall–Kier alpha value is -2.10. The molecule has 0 unspecified atom stereocenters. The number of aliphatic carboxylic acids is 1. The maximum absolute atomic E-state index is 13.8. The van der Waals surface area contributed by atoms with Gasteiger partial charge in [0, 0.05) is 23.5 Å². The van der Waals surface area contributed by atoms with Crippen molar-refractivity contribution in [2.75, 3.05) is 13.1 Å². The summed E-state index contributed by atoms with van der Waals surface area (Å²) in [6.45, 7) is 0.856. The third kappa shape index (κ3) is 3.55. The van der Waals surface area contributed by atoms with Crippen LogP contribution in [0.15, 0.2) is 34.5 Å². The van der Waals surface area contributed by atoms with Crippen molar-refractivity contribution in [3.05, 3.63) is 52.4 Å². The van der Waals surface area contributed by atoms with Crippen LogP contribution in [0.25, 0.3) is 11.6 Å². The molecule has 0 aliphatic carbocycles. The van der Waals surface area contributed by atoms with E-state index in [0.29, 0.717) is 13.1 Å². The Bertz CT molecular complexity index is 956. The molecule has 9 heteroatoms. The predicted molar refractivity (Wildman–Crippen MR) is 94.2 cm³/mol. The highest BCUT2D eigenvalue weighted by molar-refractivity contribution is 7.91. The molecule has 5 nitrogen and oxygen atoms in total. The third-order valence-electron chi connectivity index (χ3n) is 4.02. The van der Waals surface area contributed by atoms with E-state index >= 15 is 0 Å². The van der Waals surface area contributed by atoms with Gasteiger partial charge in [-0.25, -0.2) is 22.0 Å². The van der Waals surface area contributed by atoms with Crippen molar-refractivity contribution in [1.29, 1.82) is 0 Å². The molecule has 1 saturated heterocycles. The summed E-state index contributed by atoms with van der Waals surface area (Å²) in [4.78, 5) is 11.7. The number of rotatable bonds is 5. The van der Waals surface area contributed by atoms with Crippen molar-refractivity contribution in [1.82, 2.24) is 4.31 Å². The summed E-state index contributed by atoms with van der Waals surface area (Å²) in [5.74, 6) is -3.20. The summed E-state index contributed by atoms with van der Waals surface area (Å²) in [5.41, 5.74) is -0.857. The highest BCUT2D eigenvalue weighted by Crippen LogP contribution is 2.32. The second kappa shape index (κ2) is 7.26. The fourth-order valence-corrected chi connectivity index (χ4v) is 5.68. The quantitative estimate of drug-likeness (QED) is 0.782. The van der Waals surface area contributed by atoms with Crippen molar-refractivity contribution >= 4 is 39.0 Å². The van der Waals surface area contributed by atoms with Gasteiger partial charge >= 0.3 is 5.97 Å². The van der Waals surface area contributed by atoms with E-state index in [4.69, 9.17) is 0 Å². The van der Waals surface area contributed by atoms with Gasteiger partial charge in [-0.05, 0) is 43.2 Å². The molecule has 2 heterocycles. The van der Waals surface area contributed by atoms with E-state index in [-0.39, 0.29) is 14.7 Å². The van der Waals surface area contributed by atoms with Gasteiger partial charge in [0.15, 0.2) is 0 Å². The number of hydrogen-bond donors (Lipinski definition) is 1. The number of benzene rings is 1. The number of carboxylic acid groups (broad SMARTS) is 1. The van der Waals surface area contributed by atoms with E-state index in [1.807, 2.05) is 0 Å². The molecule has 3 rings (SSSR count). The Morgan fingerprint density at radius 3 is 2.31 bits per heavy atom. The lowest BCUT2D eigenvalue weighted by atomic mass is 10.1. The number of halogens is 2. The molecule has 0 radical (unpaired) electrons. The van der Waals surface area contributed by atoms with Gasteiger partial charge in [-0.1, -0.05) is 6.07 Å². The summed E-state index contributed by atoms with van der Waals surface area (Å²) in [7, 11) is -3.68. The first-order valence-electron chi connectivity index (χ1n) is 7.80. The van der Waals surface area contributed by atoms with Crippen molar-refractivity contribution in [3.63, 3.8) is 0 Å². The van der Waals surface area contributed by atoms with E-state index < -0.39 is 33.2 Å². The molecule has 1 aromatic carbocycles. The van der Waals surface area contributed by atoms with E-state index in [0.717, 1.165) is 42.4 Å². The number of carbonyl (C=O) groups is 1. The fourth-order valence-electron chi connectivity index (χ4n) is 2.69. The van der Waals surface area contributed by atoms with Crippen molar-refractivity contribution in [2.45, 2.75) is 17.1 Å². The number of thiophene rings is 1. The topological polar surface area (TPSA) is 74.7 Å². The zero-order chi connectivity index (χ0) is 18.9. The zero-order valence-corrected chi connectivity index (χ0v) is 15.1. The minimum absolute atomic E-state index is 0.00977. The standard InChI is InChI=1S/C17H15F2NO4S2/c18-13-4-3-5-14(19)11(13)10-12(17(21)22)15-6-7-16(25-15)26(23,24)20-8-1-2-9-20/h3-7,10H,1-2,8-9H2,(H,21,22)/b12-10-. The lowest BCUT2D eigenvalue weighted by Crippen LogP contribution is -2.27. The summed E-state index contributed by atoms with van der Waals surface area (Å²) in [6.07, 6.45) is 2.44. The summed E-state index contributed by atoms with van der Waals surface area (Å²) < 4.78 is 54.1. The highest BCUT2D eigenvalue weighted by Gasteiger charge is 2.29. The highest BCUT2D eigenvalue weighted by atomic mass is 32.2. The second-order valence-electron chi connectivity index (χ2n) is 5.73. The van der Waals surface area contributed by atoms with Crippen LogP contribution in [0, 0.1) is 11.6 Å². The van der Waals surface area contributed by atoms with Crippen molar-refractivity contribution in [3.8, 4) is 0 Å². The Kier molecular flexibility index (Phi) is 5.22. The minimum Gasteiger partial charge on any atom is -0.478 e. The third-order valence-corrected chi connectivity index (χ3v) is 7.51. The average Bonchev–Trinajstić information content (AvgIpc) is 3.26. The molecule has 1 N–H and O–H groups in total. The molecule has 0 amide bonds. The van der Waals surface area contributed by atoms with Gasteiger partial charge in [0.2, 0.25) is 0 Å². The number of sulfonamides is 1. The number of hydrogen-bond acceptors (Lipinski definition) is 4. The second-order valence-corrected chi connectivity index (χ2v) is 8.98. The normalized spacial score (nSPS) is 16.2. The van der Waals surface area contributed by atoms with Crippen LogP contribution < -0.4 is 0 Å². The first-order valence-corrected chi connectivity index (χ1v) is 10.1. The summed E-state index contributed by atoms with van der Waals surface area (Å²) in [5, 5.41) is 9.43. The first-order chi connectivity index (χ1) is 12.3. The van der Waals surface area contributed by atoms with Crippen LogP contribution in [0.1, 0.15) is 23.3 Å². The molecule has 0 atom stereocenters. The molecule has 0 saturated carbocycles. The monoisotopic (exact) mass is 399 g/mol. The predicted octanol–water partition coefficient (Wildman–Crippen LogP) is 3.44. The molecule has 1 aliphatic rings. The van der Waals surface area contributed by atoms with Crippen LogP contribution in [0.2, 0.25) is 0 Å². The molecule has 138 valence electrons. The number of nitrogens with zero attached hydrogens (tertiary/aromatic N) is 1. The maximum Gasteiger partial charge on any atom is 0.337 e. The van der Waals surface area contributed by atoms with Crippen LogP contribution in [0.5, 0.6) is 0 Å². The zero-order valence-electron chi connectivity index (χ0n) is 13.5. The van der Waals surface area contributed by atoms with E-state index in [1.54, 1.807) is 0 Å². The molecular weight excluding hydrogens is 384 g/mol. The van der Waals surface area contributed by atoms with Crippen molar-refractivity contribution in [2.24, 2.45) is 0 Å². The van der Waals surface area contributed by atoms with Crippen LogP contribution in [0.4, 0.5) is 8.78 Å². The van der Waals surface area contributed by atoms with Crippen LogP contribution in [0.3, 0.4) is 0 Å². The number of carboxylic acids is 1. The Labute approximate surface area is 153 Å². The SMILES string of the molecule is O=C(O)/C(=C\c1c(F)cccc1F)c1ccc(S(=O)(=O)N2CCCC2)s1. The summed E-state index contributed by atoms with van der Waals surface area (Å²) >= 11 is 0.770. The molecule has 1 aromatic heterocycles. The smallest absolute Gasteiger partial charge is 0.337 e. The van der Waals surface area contributed by atoms with Crippen LogP contribution in [-0.2, 0) is 14.8 Å². The Morgan fingerprint density at radius 1 is 1.12 bits per heavy atom. The molecule has 0 bridgehead atoms. The summed E-state index contributed by atoms with van der Waals surface area (Å²) in [6, 6.07) is 5.88. The first kappa shape index (κ1) is 18.7. The molecule has 2 aromatic rings. The van der Waals surface area contributed by atoms with Crippen molar-refractivity contribution < 1.29 is 27.1 Å². The minimum atomic E-state index is -3.68. The molecule has 0 spiro atoms. The average molecular weight is 399 g/mol. The van der Waals surface area contributed by atoms with Gasteiger partial charge in [-0.3, -0.25) is 0 Å². The van der Waals surface area contributed by atoms with E-state index in [9.17, 15) is 27.1 Å². The lowest BCUT2D eigenvalue weighted by molar-refractivity contribution is -0.130. The largest absolute Gasteiger partial charge is 0.478 e. The van der Waals surface area contributed by atoms with Gasteiger partial charge < -0.3 is 5.11 Å². The van der Waals surface area contributed by atoms with Crippen LogP contribution in [-0.4, -0.2) is 36.9 Å². The maximum atomic E-state index is 13.8.